The molecule has 0 spiro atoms. The third-order valence-corrected chi connectivity index (χ3v) is 6.16. The fourth-order valence-electron chi connectivity index (χ4n) is 3.33. The number of pyridine rings is 1. The first kappa shape index (κ1) is 17.4. The molecule has 5 nitrogen and oxygen atoms in total. The molecule has 0 saturated heterocycles. The number of nitriles is 1. The first-order chi connectivity index (χ1) is 11.6. The monoisotopic (exact) mass is 355 g/mol. The fourth-order valence-corrected chi connectivity index (χ4v) is 3.96. The maximum atomic E-state index is 11.7. The zero-order chi connectivity index (χ0) is 18.6. The second-order valence-electron chi connectivity index (χ2n) is 7.41. The maximum absolute atomic E-state index is 11.7. The normalized spacial score (nSPS) is 18.6. The van der Waals surface area contributed by atoms with Gasteiger partial charge in [0.05, 0.1) is 10.6 Å². The van der Waals surface area contributed by atoms with Crippen LogP contribution in [0.25, 0.3) is 11.1 Å². The third kappa shape index (κ3) is 3.00. The minimum absolute atomic E-state index is 0.190. The summed E-state index contributed by atoms with van der Waals surface area (Å²) >= 11 is 0. The molecule has 0 radical (unpaired) electrons. The standard InChI is InChI=1S/C19H21N3O2S/c1-11-16(12-5-7-13(8-6-12)25(4,23)24)14(10-20)18(21)22-17(11)15-9-19(15,2)3/h5-8,15H,9H2,1-4H3,(H2,21,22). The van der Waals surface area contributed by atoms with E-state index in [9.17, 15) is 13.7 Å². The van der Waals surface area contributed by atoms with Crippen LogP contribution in [0.3, 0.4) is 0 Å². The smallest absolute Gasteiger partial charge is 0.175 e. The van der Waals surface area contributed by atoms with Gasteiger partial charge in [0.25, 0.3) is 0 Å². The summed E-state index contributed by atoms with van der Waals surface area (Å²) in [6, 6.07) is 8.71. The molecule has 1 aliphatic carbocycles. The van der Waals surface area contributed by atoms with Crippen LogP contribution < -0.4 is 5.73 Å². The van der Waals surface area contributed by atoms with Crippen LogP contribution in [-0.2, 0) is 9.84 Å². The number of sulfone groups is 1. The molecule has 1 atom stereocenters. The van der Waals surface area contributed by atoms with Crippen LogP contribution in [0.5, 0.6) is 0 Å². The van der Waals surface area contributed by atoms with Crippen LogP contribution in [0.1, 0.15) is 43.0 Å². The lowest BCUT2D eigenvalue weighted by molar-refractivity contribution is 0.602. The summed E-state index contributed by atoms with van der Waals surface area (Å²) in [6.45, 7) is 6.33. The van der Waals surface area contributed by atoms with E-state index in [1.165, 1.54) is 6.26 Å². The van der Waals surface area contributed by atoms with Crippen molar-refractivity contribution < 1.29 is 8.42 Å². The summed E-state index contributed by atoms with van der Waals surface area (Å²) in [6.07, 6.45) is 2.21. The van der Waals surface area contributed by atoms with Crippen LogP contribution in [0.2, 0.25) is 0 Å². The van der Waals surface area contributed by atoms with Crippen molar-refractivity contribution in [3.05, 3.63) is 41.1 Å². The Morgan fingerprint density at radius 2 is 1.84 bits per heavy atom. The van der Waals surface area contributed by atoms with Crippen molar-refractivity contribution in [3.63, 3.8) is 0 Å². The largest absolute Gasteiger partial charge is 0.383 e. The lowest BCUT2D eigenvalue weighted by Crippen LogP contribution is -2.06. The van der Waals surface area contributed by atoms with Crippen molar-refractivity contribution in [2.24, 2.45) is 5.41 Å². The second kappa shape index (κ2) is 5.57. The summed E-state index contributed by atoms with van der Waals surface area (Å²) < 4.78 is 23.3. The van der Waals surface area contributed by atoms with E-state index < -0.39 is 9.84 Å². The summed E-state index contributed by atoms with van der Waals surface area (Å²) in [7, 11) is -3.26. The second-order valence-corrected chi connectivity index (χ2v) is 9.43. The van der Waals surface area contributed by atoms with Crippen LogP contribution in [0.4, 0.5) is 5.82 Å². The van der Waals surface area contributed by atoms with Gasteiger partial charge in [-0.15, -0.1) is 0 Å². The van der Waals surface area contributed by atoms with Crippen molar-refractivity contribution in [3.8, 4) is 17.2 Å². The Morgan fingerprint density at radius 1 is 1.28 bits per heavy atom. The van der Waals surface area contributed by atoms with Gasteiger partial charge in [0, 0.05) is 17.7 Å². The quantitative estimate of drug-likeness (QED) is 0.910. The SMILES string of the molecule is Cc1c(C2CC2(C)C)nc(N)c(C#N)c1-c1ccc(S(C)(=O)=O)cc1. The van der Waals surface area contributed by atoms with E-state index in [2.05, 4.69) is 24.9 Å². The highest BCUT2D eigenvalue weighted by molar-refractivity contribution is 7.90. The number of hydrogen-bond acceptors (Lipinski definition) is 5. The highest BCUT2D eigenvalue weighted by atomic mass is 32.2. The lowest BCUT2D eigenvalue weighted by atomic mass is 9.92. The van der Waals surface area contributed by atoms with Gasteiger partial charge in [-0.2, -0.15) is 5.26 Å². The predicted molar refractivity (Wildman–Crippen MR) is 97.8 cm³/mol. The molecule has 1 aliphatic rings. The lowest BCUT2D eigenvalue weighted by Gasteiger charge is -2.16. The summed E-state index contributed by atoms with van der Waals surface area (Å²) in [5.74, 6) is 0.560. The van der Waals surface area contributed by atoms with Gasteiger partial charge >= 0.3 is 0 Å². The third-order valence-electron chi connectivity index (χ3n) is 5.03. The van der Waals surface area contributed by atoms with Gasteiger partial charge in [-0.1, -0.05) is 26.0 Å². The van der Waals surface area contributed by atoms with Gasteiger partial charge < -0.3 is 5.73 Å². The molecular formula is C19H21N3O2S. The molecule has 1 unspecified atom stereocenters. The molecule has 0 amide bonds. The topological polar surface area (TPSA) is 96.8 Å². The van der Waals surface area contributed by atoms with Crippen LogP contribution in [0, 0.1) is 23.7 Å². The Balaban J connectivity index is 2.20. The van der Waals surface area contributed by atoms with E-state index in [1.54, 1.807) is 24.3 Å². The van der Waals surface area contributed by atoms with Crippen LogP contribution in [-0.4, -0.2) is 19.7 Å². The van der Waals surface area contributed by atoms with E-state index in [4.69, 9.17) is 5.73 Å². The minimum Gasteiger partial charge on any atom is -0.383 e. The number of hydrogen-bond donors (Lipinski definition) is 1. The summed E-state index contributed by atoms with van der Waals surface area (Å²) in [5.41, 5.74) is 9.98. The van der Waals surface area contributed by atoms with Gasteiger partial charge in [0.15, 0.2) is 9.84 Å². The van der Waals surface area contributed by atoms with Crippen molar-refractivity contribution in [1.82, 2.24) is 4.98 Å². The van der Waals surface area contributed by atoms with Crippen molar-refractivity contribution in [2.75, 3.05) is 12.0 Å². The number of aromatic nitrogens is 1. The molecule has 2 N–H and O–H groups in total. The van der Waals surface area contributed by atoms with Crippen molar-refractivity contribution >= 4 is 15.7 Å². The highest BCUT2D eigenvalue weighted by Gasteiger charge is 2.48. The molecule has 3 rings (SSSR count). The maximum Gasteiger partial charge on any atom is 0.175 e. The molecule has 1 aromatic heterocycles. The first-order valence-corrected chi connectivity index (χ1v) is 9.96. The van der Waals surface area contributed by atoms with Gasteiger partial charge in [-0.3, -0.25) is 0 Å². The molecule has 0 aliphatic heterocycles. The van der Waals surface area contributed by atoms with Gasteiger partial charge in [-0.25, -0.2) is 13.4 Å². The average molecular weight is 355 g/mol. The molecule has 1 saturated carbocycles. The summed E-state index contributed by atoms with van der Waals surface area (Å²) in [4.78, 5) is 4.75. The fraction of sp³-hybridized carbons (Fsp3) is 0.368. The van der Waals surface area contributed by atoms with Crippen molar-refractivity contribution in [2.45, 2.75) is 38.0 Å². The molecular weight excluding hydrogens is 334 g/mol. The zero-order valence-electron chi connectivity index (χ0n) is 14.8. The molecule has 130 valence electrons. The molecule has 6 heteroatoms. The number of rotatable bonds is 3. The zero-order valence-corrected chi connectivity index (χ0v) is 15.6. The Kier molecular flexibility index (Phi) is 3.88. The predicted octanol–water partition coefficient (Wildman–Crippen LogP) is 3.43. The van der Waals surface area contributed by atoms with Crippen molar-refractivity contribution in [1.29, 1.82) is 5.26 Å². The molecule has 1 aromatic carbocycles. The van der Waals surface area contributed by atoms with Gasteiger partial charge in [0.2, 0.25) is 0 Å². The van der Waals surface area contributed by atoms with E-state index in [0.717, 1.165) is 28.8 Å². The molecule has 25 heavy (non-hydrogen) atoms. The molecule has 1 heterocycles. The Hall–Kier alpha value is -2.39. The minimum atomic E-state index is -3.26. The number of anilines is 1. The Morgan fingerprint density at radius 3 is 2.28 bits per heavy atom. The highest BCUT2D eigenvalue weighted by Crippen LogP contribution is 2.59. The number of benzene rings is 1. The molecule has 0 bridgehead atoms. The summed E-state index contributed by atoms with van der Waals surface area (Å²) in [5, 5.41) is 9.55. The van der Waals surface area contributed by atoms with E-state index in [0.29, 0.717) is 11.5 Å². The Labute approximate surface area is 148 Å². The van der Waals surface area contributed by atoms with Gasteiger partial charge in [0.1, 0.15) is 17.5 Å². The first-order valence-electron chi connectivity index (χ1n) is 8.07. The Bertz CT molecular complexity index is 1000. The van der Waals surface area contributed by atoms with Crippen LogP contribution >= 0.6 is 0 Å². The van der Waals surface area contributed by atoms with E-state index in [1.807, 2.05) is 6.92 Å². The van der Waals surface area contributed by atoms with Crippen LogP contribution in [0.15, 0.2) is 29.2 Å². The van der Waals surface area contributed by atoms with E-state index in [-0.39, 0.29) is 16.1 Å². The van der Waals surface area contributed by atoms with Gasteiger partial charge in [-0.05, 0) is 42.0 Å². The molecule has 2 aromatic rings. The average Bonchev–Trinajstić information content (AvgIpc) is 3.16. The number of nitrogens with zero attached hydrogens (tertiary/aromatic N) is 2. The number of nitrogens with two attached hydrogens (primary N) is 1. The molecule has 1 fully saturated rings. The van der Waals surface area contributed by atoms with E-state index >= 15 is 0 Å². The number of nitrogen functional groups attached to an aromatic ring is 1.